The number of rotatable bonds is 8. The number of hydrogen-bond acceptors (Lipinski definition) is 3. The first kappa shape index (κ1) is 15.2. The Bertz CT molecular complexity index is 260. The fourth-order valence-corrected chi connectivity index (χ4v) is 2.24. The second-order valence-corrected chi connectivity index (χ2v) is 5.03. The Morgan fingerprint density at radius 3 is 2.78 bits per heavy atom. The number of carbonyl (C=O) groups excluding carboxylic acids is 1. The van der Waals surface area contributed by atoms with Gasteiger partial charge in [0.05, 0.1) is 12.2 Å². The Labute approximate surface area is 109 Å². The summed E-state index contributed by atoms with van der Waals surface area (Å²) in [5.74, 6) is -0.00352. The van der Waals surface area contributed by atoms with E-state index in [0.717, 1.165) is 25.7 Å². The average molecular weight is 255 g/mol. The van der Waals surface area contributed by atoms with E-state index in [1.165, 1.54) is 6.42 Å². The molecule has 1 fully saturated rings. The van der Waals surface area contributed by atoms with Crippen LogP contribution in [0.25, 0.3) is 0 Å². The lowest BCUT2D eigenvalue weighted by Crippen LogP contribution is -2.44. The van der Waals surface area contributed by atoms with Crippen molar-refractivity contribution < 1.29 is 14.6 Å². The van der Waals surface area contributed by atoms with Gasteiger partial charge in [-0.25, -0.2) is 0 Å². The molecule has 0 aromatic rings. The maximum absolute atomic E-state index is 11.6. The number of ether oxygens (including phenoxy) is 1. The highest BCUT2D eigenvalue weighted by atomic mass is 16.5. The van der Waals surface area contributed by atoms with E-state index in [-0.39, 0.29) is 5.91 Å². The molecule has 2 N–H and O–H groups in total. The highest BCUT2D eigenvalue weighted by molar-refractivity contribution is 5.75. The fraction of sp³-hybridized carbons (Fsp3) is 0.786. The molecule has 0 atom stereocenters. The summed E-state index contributed by atoms with van der Waals surface area (Å²) in [6.07, 6.45) is 7.76. The largest absolute Gasteiger partial charge is 0.388 e. The molecule has 0 heterocycles. The minimum Gasteiger partial charge on any atom is -0.388 e. The van der Waals surface area contributed by atoms with Crippen molar-refractivity contribution in [3.8, 4) is 0 Å². The van der Waals surface area contributed by atoms with Crippen molar-refractivity contribution in [2.75, 3.05) is 19.8 Å². The van der Waals surface area contributed by atoms with Gasteiger partial charge >= 0.3 is 0 Å². The molecule has 0 aliphatic heterocycles. The zero-order valence-electron chi connectivity index (χ0n) is 11.1. The summed E-state index contributed by atoms with van der Waals surface area (Å²) in [7, 11) is 0. The monoisotopic (exact) mass is 255 g/mol. The Kier molecular flexibility index (Phi) is 6.98. The van der Waals surface area contributed by atoms with E-state index >= 15 is 0 Å². The van der Waals surface area contributed by atoms with Gasteiger partial charge < -0.3 is 15.2 Å². The molecule has 1 aliphatic carbocycles. The molecule has 1 rings (SSSR count). The summed E-state index contributed by atoms with van der Waals surface area (Å²) in [6, 6.07) is 0. The molecule has 0 saturated heterocycles. The van der Waals surface area contributed by atoms with Crippen molar-refractivity contribution in [3.05, 3.63) is 12.7 Å². The molecule has 4 heteroatoms. The summed E-state index contributed by atoms with van der Waals surface area (Å²) in [6.45, 7) is 5.04. The molecule has 1 saturated carbocycles. The van der Waals surface area contributed by atoms with Crippen LogP contribution in [-0.4, -0.2) is 36.4 Å². The maximum atomic E-state index is 11.6. The Hall–Kier alpha value is -0.870. The van der Waals surface area contributed by atoms with Gasteiger partial charge in [0.25, 0.3) is 0 Å². The fourth-order valence-electron chi connectivity index (χ4n) is 2.24. The summed E-state index contributed by atoms with van der Waals surface area (Å²) in [5.41, 5.74) is -0.673. The van der Waals surface area contributed by atoms with Crippen LogP contribution in [0.15, 0.2) is 12.7 Å². The highest BCUT2D eigenvalue weighted by Crippen LogP contribution is 2.27. The number of hydrogen-bond donors (Lipinski definition) is 2. The van der Waals surface area contributed by atoms with Gasteiger partial charge in [-0.2, -0.15) is 0 Å². The van der Waals surface area contributed by atoms with E-state index < -0.39 is 5.60 Å². The van der Waals surface area contributed by atoms with E-state index in [4.69, 9.17) is 4.74 Å². The molecule has 0 spiro atoms. The van der Waals surface area contributed by atoms with Gasteiger partial charge in [-0.3, -0.25) is 4.79 Å². The van der Waals surface area contributed by atoms with Crippen LogP contribution < -0.4 is 5.32 Å². The predicted octanol–water partition coefficient (Wildman–Crippen LogP) is 1.78. The lowest BCUT2D eigenvalue weighted by atomic mass is 9.85. The third kappa shape index (κ3) is 6.17. The molecule has 0 radical (unpaired) electrons. The molecule has 0 bridgehead atoms. The second-order valence-electron chi connectivity index (χ2n) is 5.03. The van der Waals surface area contributed by atoms with Crippen LogP contribution >= 0.6 is 0 Å². The lowest BCUT2D eigenvalue weighted by Gasteiger charge is -2.32. The van der Waals surface area contributed by atoms with Gasteiger partial charge in [0.1, 0.15) is 0 Å². The first-order valence-electron chi connectivity index (χ1n) is 6.84. The third-order valence-corrected chi connectivity index (χ3v) is 3.33. The standard InChI is InChI=1S/C14H25NO3/c1-2-10-18-11-6-7-13(16)15-12-14(17)8-4-3-5-9-14/h2,17H,1,3-12H2,(H,15,16). The quantitative estimate of drug-likeness (QED) is 0.513. The second kappa shape index (κ2) is 8.27. The van der Waals surface area contributed by atoms with Gasteiger partial charge in [0.15, 0.2) is 0 Å². The molecule has 104 valence electrons. The molecular weight excluding hydrogens is 230 g/mol. The topological polar surface area (TPSA) is 58.6 Å². The summed E-state index contributed by atoms with van der Waals surface area (Å²) >= 11 is 0. The van der Waals surface area contributed by atoms with Gasteiger partial charge in [-0.15, -0.1) is 6.58 Å². The van der Waals surface area contributed by atoms with Crippen LogP contribution in [0.1, 0.15) is 44.9 Å². The number of aliphatic hydroxyl groups is 1. The van der Waals surface area contributed by atoms with Crippen molar-refractivity contribution in [3.63, 3.8) is 0 Å². The van der Waals surface area contributed by atoms with Crippen molar-refractivity contribution in [1.82, 2.24) is 5.32 Å². The zero-order chi connectivity index (χ0) is 13.3. The Balaban J connectivity index is 2.07. The molecule has 0 aromatic carbocycles. The van der Waals surface area contributed by atoms with Crippen LogP contribution in [0.4, 0.5) is 0 Å². The van der Waals surface area contributed by atoms with E-state index in [1.54, 1.807) is 6.08 Å². The first-order chi connectivity index (χ1) is 8.66. The molecule has 1 amide bonds. The molecule has 0 unspecified atom stereocenters. The maximum Gasteiger partial charge on any atom is 0.220 e. The van der Waals surface area contributed by atoms with Crippen molar-refractivity contribution in [2.24, 2.45) is 0 Å². The molecule has 1 aliphatic rings. The van der Waals surface area contributed by atoms with Crippen LogP contribution in [0.2, 0.25) is 0 Å². The minimum absolute atomic E-state index is 0.00352. The first-order valence-corrected chi connectivity index (χ1v) is 6.84. The van der Waals surface area contributed by atoms with Gasteiger partial charge in [-0.05, 0) is 19.3 Å². The van der Waals surface area contributed by atoms with E-state index in [2.05, 4.69) is 11.9 Å². The van der Waals surface area contributed by atoms with E-state index in [0.29, 0.717) is 32.6 Å². The minimum atomic E-state index is -0.673. The van der Waals surface area contributed by atoms with Crippen molar-refractivity contribution >= 4 is 5.91 Å². The van der Waals surface area contributed by atoms with Crippen LogP contribution in [0.3, 0.4) is 0 Å². The number of nitrogens with one attached hydrogen (secondary N) is 1. The number of amides is 1. The van der Waals surface area contributed by atoms with Crippen molar-refractivity contribution in [2.45, 2.75) is 50.5 Å². The molecular formula is C14H25NO3. The van der Waals surface area contributed by atoms with E-state index in [9.17, 15) is 9.90 Å². The molecule has 0 aromatic heterocycles. The average Bonchev–Trinajstić information content (AvgIpc) is 2.37. The predicted molar refractivity (Wildman–Crippen MR) is 71.3 cm³/mol. The normalized spacial score (nSPS) is 18.3. The molecule has 18 heavy (non-hydrogen) atoms. The van der Waals surface area contributed by atoms with Crippen LogP contribution in [-0.2, 0) is 9.53 Å². The zero-order valence-corrected chi connectivity index (χ0v) is 11.1. The van der Waals surface area contributed by atoms with Gasteiger partial charge in [-0.1, -0.05) is 25.3 Å². The number of carbonyl (C=O) groups is 1. The third-order valence-electron chi connectivity index (χ3n) is 3.33. The smallest absolute Gasteiger partial charge is 0.220 e. The van der Waals surface area contributed by atoms with Gasteiger partial charge in [0.2, 0.25) is 5.91 Å². The Morgan fingerprint density at radius 2 is 2.11 bits per heavy atom. The highest BCUT2D eigenvalue weighted by Gasteiger charge is 2.29. The summed E-state index contributed by atoms with van der Waals surface area (Å²) < 4.78 is 5.20. The Morgan fingerprint density at radius 1 is 1.39 bits per heavy atom. The molecule has 4 nitrogen and oxygen atoms in total. The van der Waals surface area contributed by atoms with E-state index in [1.807, 2.05) is 0 Å². The summed E-state index contributed by atoms with van der Waals surface area (Å²) in [4.78, 5) is 11.6. The van der Waals surface area contributed by atoms with Crippen molar-refractivity contribution in [1.29, 1.82) is 0 Å². The SMILES string of the molecule is C=CCOCCCC(=O)NCC1(O)CCCCC1. The lowest BCUT2D eigenvalue weighted by molar-refractivity contribution is -0.123. The summed E-state index contributed by atoms with van der Waals surface area (Å²) in [5, 5.41) is 13.0. The van der Waals surface area contributed by atoms with Crippen LogP contribution in [0, 0.1) is 0 Å². The van der Waals surface area contributed by atoms with Crippen LogP contribution in [0.5, 0.6) is 0 Å². The van der Waals surface area contributed by atoms with Gasteiger partial charge in [0, 0.05) is 19.6 Å².